The molecule has 0 aliphatic heterocycles. The van der Waals surface area contributed by atoms with Crippen molar-refractivity contribution < 1.29 is 0 Å². The van der Waals surface area contributed by atoms with Gasteiger partial charge in [-0.2, -0.15) is 5.26 Å². The van der Waals surface area contributed by atoms with Gasteiger partial charge < -0.3 is 5.32 Å². The lowest BCUT2D eigenvalue weighted by Crippen LogP contribution is -1.99. The van der Waals surface area contributed by atoms with E-state index in [1.807, 2.05) is 13.0 Å². The van der Waals surface area contributed by atoms with Crippen LogP contribution in [0, 0.1) is 11.3 Å². The molecule has 0 bridgehead atoms. The van der Waals surface area contributed by atoms with E-state index in [0.717, 1.165) is 17.7 Å². The van der Waals surface area contributed by atoms with Gasteiger partial charge in [-0.05, 0) is 19.1 Å². The lowest BCUT2D eigenvalue weighted by Gasteiger charge is -2.06. The summed E-state index contributed by atoms with van der Waals surface area (Å²) >= 11 is 0. The summed E-state index contributed by atoms with van der Waals surface area (Å²) in [6, 6.07) is 5.73. The van der Waals surface area contributed by atoms with Crippen LogP contribution in [-0.4, -0.2) is 16.5 Å². The molecular formula is C11H10N4. The van der Waals surface area contributed by atoms with Gasteiger partial charge in [-0.3, -0.25) is 9.97 Å². The van der Waals surface area contributed by atoms with Crippen LogP contribution >= 0.6 is 0 Å². The maximum atomic E-state index is 8.92. The molecule has 2 aromatic rings. The molecule has 1 aromatic carbocycles. The standard InChI is InChI=1S/C11H10N4/c1-2-13-9-4-3-8(7-12)10-11(9)15-6-5-14-10/h3-6,13H,2H2,1H3. The molecule has 0 fully saturated rings. The summed E-state index contributed by atoms with van der Waals surface area (Å²) in [5, 5.41) is 12.1. The number of benzene rings is 1. The predicted molar refractivity (Wildman–Crippen MR) is 58.4 cm³/mol. The molecule has 74 valence electrons. The van der Waals surface area contributed by atoms with E-state index in [0.29, 0.717) is 11.1 Å². The van der Waals surface area contributed by atoms with E-state index in [4.69, 9.17) is 5.26 Å². The van der Waals surface area contributed by atoms with Crippen LogP contribution in [0.2, 0.25) is 0 Å². The van der Waals surface area contributed by atoms with Gasteiger partial charge in [-0.15, -0.1) is 0 Å². The van der Waals surface area contributed by atoms with E-state index in [1.54, 1.807) is 18.5 Å². The highest BCUT2D eigenvalue weighted by Crippen LogP contribution is 2.22. The minimum atomic E-state index is 0.555. The van der Waals surface area contributed by atoms with Crippen LogP contribution in [0.25, 0.3) is 11.0 Å². The van der Waals surface area contributed by atoms with Crippen LogP contribution in [0.4, 0.5) is 5.69 Å². The lowest BCUT2D eigenvalue weighted by molar-refractivity contribution is 1.20. The molecule has 1 N–H and O–H groups in total. The summed E-state index contributed by atoms with van der Waals surface area (Å²) in [7, 11) is 0. The van der Waals surface area contributed by atoms with E-state index in [9.17, 15) is 0 Å². The molecule has 4 heteroatoms. The first-order valence-corrected chi connectivity index (χ1v) is 4.74. The second kappa shape index (κ2) is 3.93. The van der Waals surface area contributed by atoms with Crippen LogP contribution in [0.1, 0.15) is 12.5 Å². The van der Waals surface area contributed by atoms with Crippen LogP contribution in [0.5, 0.6) is 0 Å². The summed E-state index contributed by atoms with van der Waals surface area (Å²) in [6.45, 7) is 2.83. The van der Waals surface area contributed by atoms with Crippen molar-refractivity contribution in [2.24, 2.45) is 0 Å². The zero-order chi connectivity index (χ0) is 10.7. The van der Waals surface area contributed by atoms with Gasteiger partial charge in [0.25, 0.3) is 0 Å². The van der Waals surface area contributed by atoms with Crippen molar-refractivity contribution in [1.82, 2.24) is 9.97 Å². The van der Waals surface area contributed by atoms with Crippen LogP contribution in [-0.2, 0) is 0 Å². The third-order valence-electron chi connectivity index (χ3n) is 2.11. The maximum absolute atomic E-state index is 8.92. The number of nitrogens with zero attached hydrogens (tertiary/aromatic N) is 3. The fourth-order valence-corrected chi connectivity index (χ4v) is 1.48. The van der Waals surface area contributed by atoms with Gasteiger partial charge in [0.1, 0.15) is 17.1 Å². The Hall–Kier alpha value is -2.15. The second-order valence-electron chi connectivity index (χ2n) is 3.06. The average molecular weight is 198 g/mol. The molecule has 15 heavy (non-hydrogen) atoms. The van der Waals surface area contributed by atoms with Gasteiger partial charge in [-0.1, -0.05) is 0 Å². The highest BCUT2D eigenvalue weighted by atomic mass is 14.9. The summed E-state index contributed by atoms with van der Waals surface area (Å²) in [4.78, 5) is 8.40. The third-order valence-corrected chi connectivity index (χ3v) is 2.11. The van der Waals surface area contributed by atoms with Crippen LogP contribution in [0.15, 0.2) is 24.5 Å². The van der Waals surface area contributed by atoms with E-state index in [1.165, 1.54) is 0 Å². The molecule has 0 aliphatic rings. The SMILES string of the molecule is CCNc1ccc(C#N)c2nccnc12. The predicted octanol–water partition coefficient (Wildman–Crippen LogP) is 1.93. The zero-order valence-electron chi connectivity index (χ0n) is 8.36. The smallest absolute Gasteiger partial charge is 0.113 e. The number of hydrogen-bond donors (Lipinski definition) is 1. The lowest BCUT2D eigenvalue weighted by atomic mass is 10.1. The molecule has 0 unspecified atom stereocenters. The number of aromatic nitrogens is 2. The Labute approximate surface area is 87.6 Å². The molecule has 0 spiro atoms. The molecule has 0 amide bonds. The van der Waals surface area contributed by atoms with Crippen molar-refractivity contribution in [3.8, 4) is 6.07 Å². The van der Waals surface area contributed by atoms with Crippen molar-refractivity contribution in [2.75, 3.05) is 11.9 Å². The highest BCUT2D eigenvalue weighted by molar-refractivity contribution is 5.91. The van der Waals surface area contributed by atoms with Gasteiger partial charge in [0.2, 0.25) is 0 Å². The normalized spacial score (nSPS) is 9.87. The molecular weight excluding hydrogens is 188 g/mol. The zero-order valence-corrected chi connectivity index (χ0v) is 8.36. The second-order valence-corrected chi connectivity index (χ2v) is 3.06. The van der Waals surface area contributed by atoms with Crippen molar-refractivity contribution in [2.45, 2.75) is 6.92 Å². The van der Waals surface area contributed by atoms with Crippen LogP contribution in [0.3, 0.4) is 0 Å². The Kier molecular flexibility index (Phi) is 2.46. The van der Waals surface area contributed by atoms with E-state index in [2.05, 4.69) is 21.4 Å². The molecule has 0 saturated carbocycles. The van der Waals surface area contributed by atoms with Gasteiger partial charge in [0, 0.05) is 18.9 Å². The molecule has 1 aromatic heterocycles. The molecule has 2 rings (SSSR count). The Morgan fingerprint density at radius 3 is 2.67 bits per heavy atom. The number of hydrogen-bond acceptors (Lipinski definition) is 4. The quantitative estimate of drug-likeness (QED) is 0.800. The van der Waals surface area contributed by atoms with Crippen molar-refractivity contribution >= 4 is 16.7 Å². The van der Waals surface area contributed by atoms with E-state index < -0.39 is 0 Å². The topological polar surface area (TPSA) is 61.6 Å². The third kappa shape index (κ3) is 1.59. The monoisotopic (exact) mass is 198 g/mol. The largest absolute Gasteiger partial charge is 0.384 e. The van der Waals surface area contributed by atoms with Crippen molar-refractivity contribution in [3.63, 3.8) is 0 Å². The molecule has 1 heterocycles. The number of nitriles is 1. The molecule has 0 aliphatic carbocycles. The van der Waals surface area contributed by atoms with Crippen LogP contribution < -0.4 is 5.32 Å². The van der Waals surface area contributed by atoms with E-state index >= 15 is 0 Å². The number of nitrogens with one attached hydrogen (secondary N) is 1. The minimum Gasteiger partial charge on any atom is -0.384 e. The Morgan fingerprint density at radius 1 is 1.27 bits per heavy atom. The van der Waals surface area contributed by atoms with Crippen molar-refractivity contribution in [3.05, 3.63) is 30.1 Å². The van der Waals surface area contributed by atoms with Gasteiger partial charge >= 0.3 is 0 Å². The Balaban J connectivity index is 2.73. The summed E-state index contributed by atoms with van der Waals surface area (Å²) in [5.74, 6) is 0. The molecule has 0 saturated heterocycles. The summed E-state index contributed by atoms with van der Waals surface area (Å²) < 4.78 is 0. The van der Waals surface area contributed by atoms with Gasteiger partial charge in [-0.25, -0.2) is 0 Å². The number of rotatable bonds is 2. The van der Waals surface area contributed by atoms with E-state index in [-0.39, 0.29) is 0 Å². The number of anilines is 1. The first-order chi connectivity index (χ1) is 7.36. The Morgan fingerprint density at radius 2 is 2.00 bits per heavy atom. The number of fused-ring (bicyclic) bond motifs is 1. The fraction of sp³-hybridized carbons (Fsp3) is 0.182. The van der Waals surface area contributed by atoms with Gasteiger partial charge in [0.15, 0.2) is 0 Å². The Bertz CT molecular complexity index is 528. The highest BCUT2D eigenvalue weighted by Gasteiger charge is 2.06. The molecule has 0 radical (unpaired) electrons. The average Bonchev–Trinajstić information content (AvgIpc) is 2.30. The first-order valence-electron chi connectivity index (χ1n) is 4.74. The van der Waals surface area contributed by atoms with Crippen molar-refractivity contribution in [1.29, 1.82) is 5.26 Å². The summed E-state index contributed by atoms with van der Waals surface area (Å²) in [5.41, 5.74) is 2.87. The molecule has 0 atom stereocenters. The molecule has 4 nitrogen and oxygen atoms in total. The maximum Gasteiger partial charge on any atom is 0.113 e. The fourth-order valence-electron chi connectivity index (χ4n) is 1.48. The summed E-state index contributed by atoms with van der Waals surface area (Å²) in [6.07, 6.45) is 3.23. The first kappa shape index (κ1) is 9.41. The van der Waals surface area contributed by atoms with Gasteiger partial charge in [0.05, 0.1) is 11.3 Å². The minimum absolute atomic E-state index is 0.555.